The number of nitrogens with two attached hydrogens (primary N) is 2. The molecule has 9 heteroatoms. The van der Waals surface area contributed by atoms with Gasteiger partial charge in [-0.1, -0.05) is 49.4 Å². The van der Waals surface area contributed by atoms with Crippen LogP contribution in [-0.4, -0.2) is 45.2 Å². The van der Waals surface area contributed by atoms with E-state index >= 15 is 0 Å². The highest BCUT2D eigenvalue weighted by Gasteiger charge is 2.40. The van der Waals surface area contributed by atoms with Crippen LogP contribution in [0.5, 0.6) is 0 Å². The zero-order chi connectivity index (χ0) is 26.4. The highest BCUT2D eigenvalue weighted by molar-refractivity contribution is 6.02. The third-order valence-corrected chi connectivity index (χ3v) is 6.23. The van der Waals surface area contributed by atoms with E-state index in [9.17, 15) is 19.5 Å². The van der Waals surface area contributed by atoms with Gasteiger partial charge in [-0.3, -0.25) is 14.4 Å². The summed E-state index contributed by atoms with van der Waals surface area (Å²) in [6.07, 6.45) is 0.426. The van der Waals surface area contributed by atoms with Gasteiger partial charge in [-0.05, 0) is 55.5 Å². The second-order valence-electron chi connectivity index (χ2n) is 8.89. The van der Waals surface area contributed by atoms with Gasteiger partial charge in [0.15, 0.2) is 5.96 Å². The fraction of sp³-hybridized carbons (Fsp3) is 0.333. The average molecular weight is 492 g/mol. The third-order valence-electron chi connectivity index (χ3n) is 6.23. The molecule has 9 nitrogen and oxygen atoms in total. The normalized spacial score (nSPS) is 16.5. The number of hydrogen-bond donors (Lipinski definition) is 3. The number of carboxylic acid groups (broad SMARTS) is 1. The van der Waals surface area contributed by atoms with Gasteiger partial charge in [-0.25, -0.2) is 4.99 Å². The van der Waals surface area contributed by atoms with E-state index in [2.05, 4.69) is 4.99 Å². The molecule has 0 unspecified atom stereocenters. The van der Waals surface area contributed by atoms with Gasteiger partial charge in [0, 0.05) is 6.54 Å². The Bertz CT molecular complexity index is 1170. The topological polar surface area (TPSA) is 142 Å². The van der Waals surface area contributed by atoms with Crippen LogP contribution >= 0.6 is 0 Å². The monoisotopic (exact) mass is 491 g/mol. The smallest absolute Gasteiger partial charge is 0.312 e. The van der Waals surface area contributed by atoms with Gasteiger partial charge >= 0.3 is 5.97 Å². The Labute approximate surface area is 211 Å². The van der Waals surface area contributed by atoms with Crippen LogP contribution in [0, 0.1) is 0 Å². The number of guanidine groups is 1. The molecule has 0 aliphatic carbocycles. The maximum absolute atomic E-state index is 14.1. The van der Waals surface area contributed by atoms with Crippen molar-refractivity contribution in [3.63, 3.8) is 0 Å². The first-order valence-corrected chi connectivity index (χ1v) is 11.9. The van der Waals surface area contributed by atoms with Crippen molar-refractivity contribution in [2.75, 3.05) is 6.54 Å². The summed E-state index contributed by atoms with van der Waals surface area (Å²) in [5.41, 5.74) is 14.4. The first-order chi connectivity index (χ1) is 17.1. The van der Waals surface area contributed by atoms with Crippen molar-refractivity contribution >= 4 is 29.4 Å². The molecule has 0 bridgehead atoms. The Kier molecular flexibility index (Phi) is 8.47. The van der Waals surface area contributed by atoms with Crippen LogP contribution in [0.15, 0.2) is 70.9 Å². The van der Waals surface area contributed by atoms with Crippen LogP contribution in [0.3, 0.4) is 0 Å². The molecule has 0 saturated heterocycles. The van der Waals surface area contributed by atoms with E-state index in [0.717, 1.165) is 16.7 Å². The molecule has 0 saturated carbocycles. The summed E-state index contributed by atoms with van der Waals surface area (Å²) in [5.74, 6) is -2.17. The number of hydrogen-bond acceptors (Lipinski definition) is 4. The summed E-state index contributed by atoms with van der Waals surface area (Å²) >= 11 is 0. The second kappa shape index (κ2) is 11.5. The van der Waals surface area contributed by atoms with Gasteiger partial charge in [0.1, 0.15) is 12.1 Å². The van der Waals surface area contributed by atoms with Crippen LogP contribution in [0.4, 0.5) is 5.69 Å². The van der Waals surface area contributed by atoms with Gasteiger partial charge in [-0.15, -0.1) is 0 Å². The Morgan fingerprint density at radius 1 is 1.14 bits per heavy atom. The quantitative estimate of drug-likeness (QED) is 0.278. The fourth-order valence-corrected chi connectivity index (χ4v) is 4.62. The Balaban J connectivity index is 2.07. The molecular weight excluding hydrogens is 458 g/mol. The lowest BCUT2D eigenvalue weighted by atomic mass is 9.89. The van der Waals surface area contributed by atoms with Crippen molar-refractivity contribution in [1.82, 2.24) is 9.80 Å². The van der Waals surface area contributed by atoms with Gasteiger partial charge in [0.25, 0.3) is 5.91 Å². The lowest BCUT2D eigenvalue weighted by molar-refractivity contribution is -0.146. The molecular formula is C27H33N5O4. The summed E-state index contributed by atoms with van der Waals surface area (Å²) in [5, 5.41) is 9.20. The number of amides is 2. The summed E-state index contributed by atoms with van der Waals surface area (Å²) < 4.78 is 0. The number of carboxylic acids is 1. The van der Waals surface area contributed by atoms with Crippen LogP contribution in [-0.2, 0) is 14.4 Å². The maximum Gasteiger partial charge on any atom is 0.312 e. The molecule has 0 fully saturated rings. The Morgan fingerprint density at radius 3 is 2.33 bits per heavy atom. The van der Waals surface area contributed by atoms with Crippen molar-refractivity contribution in [1.29, 1.82) is 0 Å². The lowest BCUT2D eigenvalue weighted by Crippen LogP contribution is -2.47. The summed E-state index contributed by atoms with van der Waals surface area (Å²) in [4.78, 5) is 45.4. The molecule has 190 valence electrons. The molecule has 1 aliphatic rings. The average Bonchev–Trinajstić information content (AvgIpc) is 2.83. The van der Waals surface area contributed by atoms with E-state index in [1.54, 1.807) is 17.0 Å². The van der Waals surface area contributed by atoms with Gasteiger partial charge in [0.2, 0.25) is 5.91 Å². The number of carbonyl (C=O) groups is 3. The van der Waals surface area contributed by atoms with E-state index in [-0.39, 0.29) is 36.2 Å². The van der Waals surface area contributed by atoms with Crippen molar-refractivity contribution in [3.05, 3.63) is 77.0 Å². The molecule has 0 aromatic heterocycles. The first-order valence-electron chi connectivity index (χ1n) is 11.9. The minimum absolute atomic E-state index is 0.0431. The Hall–Kier alpha value is -4.14. The summed E-state index contributed by atoms with van der Waals surface area (Å²) in [7, 11) is 0. The van der Waals surface area contributed by atoms with E-state index < -0.39 is 18.3 Å². The zero-order valence-corrected chi connectivity index (χ0v) is 20.8. The van der Waals surface area contributed by atoms with Crippen molar-refractivity contribution in [2.45, 2.75) is 52.1 Å². The molecule has 0 radical (unpaired) electrons. The van der Waals surface area contributed by atoms with Crippen LogP contribution in [0.2, 0.25) is 0 Å². The highest BCUT2D eigenvalue weighted by Crippen LogP contribution is 2.41. The SMILES string of the molecule is CCCN(C(=O)CC(=O)O)C1=C(C)C[C@@H](c2ccccc2)N([C@@H](C)c2ccc(N=C(N)N)cc2)C1=O. The van der Waals surface area contributed by atoms with Crippen LogP contribution < -0.4 is 11.5 Å². The summed E-state index contributed by atoms with van der Waals surface area (Å²) in [6, 6.07) is 16.4. The predicted molar refractivity (Wildman–Crippen MR) is 138 cm³/mol. The van der Waals surface area contributed by atoms with Gasteiger partial charge in [-0.2, -0.15) is 0 Å². The minimum atomic E-state index is -1.23. The minimum Gasteiger partial charge on any atom is -0.481 e. The molecule has 5 N–H and O–H groups in total. The van der Waals surface area contributed by atoms with E-state index in [1.165, 1.54) is 4.90 Å². The molecule has 2 amide bonds. The molecule has 2 atom stereocenters. The Morgan fingerprint density at radius 2 is 1.78 bits per heavy atom. The van der Waals surface area contributed by atoms with Crippen LogP contribution in [0.25, 0.3) is 0 Å². The number of benzene rings is 2. The van der Waals surface area contributed by atoms with Crippen molar-refractivity contribution in [3.8, 4) is 0 Å². The number of aliphatic imine (C=N–C) groups is 1. The second-order valence-corrected chi connectivity index (χ2v) is 8.89. The third kappa shape index (κ3) is 5.91. The van der Waals surface area contributed by atoms with E-state index in [1.807, 2.05) is 63.2 Å². The first kappa shape index (κ1) is 26.5. The molecule has 1 aliphatic heterocycles. The largest absolute Gasteiger partial charge is 0.481 e. The van der Waals surface area contributed by atoms with Crippen molar-refractivity contribution < 1.29 is 19.5 Å². The fourth-order valence-electron chi connectivity index (χ4n) is 4.62. The number of aliphatic carboxylic acids is 1. The van der Waals surface area contributed by atoms with Gasteiger partial charge in [0.05, 0.1) is 17.8 Å². The molecule has 2 aromatic rings. The number of carbonyl (C=O) groups excluding carboxylic acids is 2. The molecule has 2 aromatic carbocycles. The standard InChI is InChI=1S/C27H33N5O4/c1-4-14-31(23(33)16-24(34)35)25-17(2)15-22(20-8-6-5-7-9-20)32(26(25)36)18(3)19-10-12-21(13-11-19)30-27(28)29/h5-13,18,22H,4,14-16H2,1-3H3,(H,34,35)(H4,28,29,30)/t18-,22-/m0/s1. The number of nitrogens with zero attached hydrogens (tertiary/aromatic N) is 3. The van der Waals surface area contributed by atoms with Crippen molar-refractivity contribution in [2.24, 2.45) is 16.5 Å². The maximum atomic E-state index is 14.1. The summed E-state index contributed by atoms with van der Waals surface area (Å²) in [6.45, 7) is 5.92. The molecule has 3 rings (SSSR count). The molecule has 0 spiro atoms. The zero-order valence-electron chi connectivity index (χ0n) is 20.8. The lowest BCUT2D eigenvalue weighted by Gasteiger charge is -2.43. The molecule has 1 heterocycles. The van der Waals surface area contributed by atoms with E-state index in [0.29, 0.717) is 18.5 Å². The van der Waals surface area contributed by atoms with E-state index in [4.69, 9.17) is 11.5 Å². The van der Waals surface area contributed by atoms with Crippen LogP contribution in [0.1, 0.15) is 63.2 Å². The highest BCUT2D eigenvalue weighted by atomic mass is 16.4. The molecule has 36 heavy (non-hydrogen) atoms. The number of rotatable bonds is 9. The van der Waals surface area contributed by atoms with Gasteiger partial charge < -0.3 is 26.4 Å². The predicted octanol–water partition coefficient (Wildman–Crippen LogP) is 3.61.